The molecule has 2 amide bonds. The third-order valence-electron chi connectivity index (χ3n) is 2.21. The van der Waals surface area contributed by atoms with E-state index in [4.69, 9.17) is 0 Å². The van der Waals surface area contributed by atoms with Crippen molar-refractivity contribution in [2.45, 2.75) is 13.5 Å². The monoisotopic (exact) mass is 190 g/mol. The van der Waals surface area contributed by atoms with Gasteiger partial charge >= 0.3 is 0 Å². The van der Waals surface area contributed by atoms with Crippen LogP contribution in [0.25, 0.3) is 0 Å². The molecule has 1 heterocycles. The summed E-state index contributed by atoms with van der Waals surface area (Å²) in [4.78, 5) is 22.6. The van der Waals surface area contributed by atoms with Crippen LogP contribution in [0.15, 0.2) is 24.3 Å². The fourth-order valence-corrected chi connectivity index (χ4v) is 1.46. The van der Waals surface area contributed by atoms with Gasteiger partial charge in [0.2, 0.25) is 5.91 Å². The van der Waals surface area contributed by atoms with Gasteiger partial charge in [0, 0.05) is 12.5 Å². The zero-order valence-electron chi connectivity index (χ0n) is 7.78. The van der Waals surface area contributed by atoms with Crippen LogP contribution in [0, 0.1) is 0 Å². The van der Waals surface area contributed by atoms with E-state index in [9.17, 15) is 9.59 Å². The van der Waals surface area contributed by atoms with Crippen LogP contribution < -0.4 is 5.43 Å². The molecule has 2 rings (SSSR count). The normalized spacial score (nSPS) is 14.6. The van der Waals surface area contributed by atoms with Crippen molar-refractivity contribution in [3.05, 3.63) is 35.4 Å². The Bertz CT molecular complexity index is 401. The molecule has 72 valence electrons. The van der Waals surface area contributed by atoms with Crippen LogP contribution in [0.1, 0.15) is 22.8 Å². The zero-order chi connectivity index (χ0) is 10.1. The number of carbonyl (C=O) groups is 2. The summed E-state index contributed by atoms with van der Waals surface area (Å²) in [6.07, 6.45) is 0. The van der Waals surface area contributed by atoms with Gasteiger partial charge in [-0.25, -0.2) is 5.01 Å². The minimum atomic E-state index is -0.220. The van der Waals surface area contributed by atoms with Gasteiger partial charge in [-0.15, -0.1) is 0 Å². The average Bonchev–Trinajstić information content (AvgIpc) is 2.17. The van der Waals surface area contributed by atoms with Crippen LogP contribution in [0.2, 0.25) is 0 Å². The molecule has 1 N–H and O–H groups in total. The topological polar surface area (TPSA) is 49.4 Å². The van der Waals surface area contributed by atoms with Crippen LogP contribution in [0.5, 0.6) is 0 Å². The van der Waals surface area contributed by atoms with Gasteiger partial charge in [0.15, 0.2) is 0 Å². The van der Waals surface area contributed by atoms with E-state index in [1.807, 2.05) is 18.2 Å². The molecule has 1 aromatic carbocycles. The van der Waals surface area contributed by atoms with E-state index < -0.39 is 0 Å². The number of hydrogen-bond acceptors (Lipinski definition) is 2. The Morgan fingerprint density at radius 2 is 2.14 bits per heavy atom. The lowest BCUT2D eigenvalue weighted by molar-refractivity contribution is -0.132. The van der Waals surface area contributed by atoms with Crippen molar-refractivity contribution >= 4 is 11.8 Å². The number of benzene rings is 1. The van der Waals surface area contributed by atoms with Crippen molar-refractivity contribution in [2.24, 2.45) is 0 Å². The molecule has 1 aromatic rings. The van der Waals surface area contributed by atoms with Gasteiger partial charge in [-0.3, -0.25) is 15.0 Å². The van der Waals surface area contributed by atoms with E-state index in [1.54, 1.807) is 6.07 Å². The highest BCUT2D eigenvalue weighted by molar-refractivity contribution is 5.97. The summed E-state index contributed by atoms with van der Waals surface area (Å²) in [5, 5.41) is 1.31. The van der Waals surface area contributed by atoms with E-state index >= 15 is 0 Å². The van der Waals surface area contributed by atoms with Crippen molar-refractivity contribution < 1.29 is 9.59 Å². The summed E-state index contributed by atoms with van der Waals surface area (Å²) in [7, 11) is 0. The van der Waals surface area contributed by atoms with Crippen LogP contribution in [-0.2, 0) is 11.3 Å². The molecule has 0 aliphatic carbocycles. The van der Waals surface area contributed by atoms with E-state index in [1.165, 1.54) is 11.9 Å². The second-order valence-electron chi connectivity index (χ2n) is 3.20. The van der Waals surface area contributed by atoms with Gasteiger partial charge in [0.1, 0.15) is 0 Å². The van der Waals surface area contributed by atoms with Crippen LogP contribution in [0.3, 0.4) is 0 Å². The summed E-state index contributed by atoms with van der Waals surface area (Å²) in [5.74, 6) is -0.380. The predicted molar refractivity (Wildman–Crippen MR) is 50.1 cm³/mol. The number of nitrogens with zero attached hydrogens (tertiary/aromatic N) is 1. The van der Waals surface area contributed by atoms with Crippen molar-refractivity contribution in [3.63, 3.8) is 0 Å². The van der Waals surface area contributed by atoms with E-state index in [-0.39, 0.29) is 11.8 Å². The first kappa shape index (κ1) is 8.74. The van der Waals surface area contributed by atoms with E-state index in [2.05, 4.69) is 5.43 Å². The van der Waals surface area contributed by atoms with Crippen molar-refractivity contribution in [3.8, 4) is 0 Å². The summed E-state index contributed by atoms with van der Waals surface area (Å²) >= 11 is 0. The van der Waals surface area contributed by atoms with Gasteiger partial charge in [0.25, 0.3) is 5.91 Å². The first-order chi connectivity index (χ1) is 6.68. The second-order valence-corrected chi connectivity index (χ2v) is 3.20. The molecule has 4 nitrogen and oxygen atoms in total. The molecule has 1 aliphatic heterocycles. The first-order valence-electron chi connectivity index (χ1n) is 4.35. The van der Waals surface area contributed by atoms with Crippen molar-refractivity contribution in [1.82, 2.24) is 10.4 Å². The maximum Gasteiger partial charge on any atom is 0.270 e. The van der Waals surface area contributed by atoms with Gasteiger partial charge in [-0.1, -0.05) is 18.2 Å². The van der Waals surface area contributed by atoms with Crippen LogP contribution in [-0.4, -0.2) is 16.8 Å². The van der Waals surface area contributed by atoms with E-state index in [0.717, 1.165) is 5.56 Å². The van der Waals surface area contributed by atoms with Crippen LogP contribution >= 0.6 is 0 Å². The molecular weight excluding hydrogens is 180 g/mol. The highest BCUT2D eigenvalue weighted by Crippen LogP contribution is 2.15. The quantitative estimate of drug-likeness (QED) is 0.654. The lowest BCUT2D eigenvalue weighted by Crippen LogP contribution is -2.48. The Labute approximate surface area is 81.5 Å². The second kappa shape index (κ2) is 3.14. The van der Waals surface area contributed by atoms with Crippen molar-refractivity contribution in [1.29, 1.82) is 0 Å². The van der Waals surface area contributed by atoms with Crippen molar-refractivity contribution in [2.75, 3.05) is 0 Å². The van der Waals surface area contributed by atoms with E-state index in [0.29, 0.717) is 12.1 Å². The number of hydrazine groups is 1. The standard InChI is InChI=1S/C10H10N2O2/c1-7(13)12-6-8-4-2-3-5-9(8)10(14)11-12/h2-5H,6H2,1H3,(H,11,14). The summed E-state index contributed by atoms with van der Waals surface area (Å²) < 4.78 is 0. The number of amides is 2. The first-order valence-corrected chi connectivity index (χ1v) is 4.35. The van der Waals surface area contributed by atoms with Gasteiger partial charge in [-0.2, -0.15) is 0 Å². The average molecular weight is 190 g/mol. The highest BCUT2D eigenvalue weighted by atomic mass is 16.2. The fraction of sp³-hybridized carbons (Fsp3) is 0.200. The molecule has 0 spiro atoms. The molecule has 0 atom stereocenters. The molecule has 0 bridgehead atoms. The largest absolute Gasteiger partial charge is 0.273 e. The molecule has 0 saturated carbocycles. The number of hydrogen-bond donors (Lipinski definition) is 1. The zero-order valence-corrected chi connectivity index (χ0v) is 7.78. The highest BCUT2D eigenvalue weighted by Gasteiger charge is 2.22. The number of nitrogens with one attached hydrogen (secondary N) is 1. The molecule has 14 heavy (non-hydrogen) atoms. The minimum Gasteiger partial charge on any atom is -0.273 e. The third-order valence-corrected chi connectivity index (χ3v) is 2.21. The minimum absolute atomic E-state index is 0.159. The van der Waals surface area contributed by atoms with Crippen LogP contribution in [0.4, 0.5) is 0 Å². The Morgan fingerprint density at radius 3 is 2.86 bits per heavy atom. The number of fused-ring (bicyclic) bond motifs is 1. The molecule has 0 aromatic heterocycles. The molecule has 4 heteroatoms. The molecule has 0 unspecified atom stereocenters. The third kappa shape index (κ3) is 1.35. The van der Waals surface area contributed by atoms with Gasteiger partial charge < -0.3 is 0 Å². The molecule has 0 saturated heterocycles. The van der Waals surface area contributed by atoms with Gasteiger partial charge in [-0.05, 0) is 11.6 Å². The lowest BCUT2D eigenvalue weighted by atomic mass is 10.1. The SMILES string of the molecule is CC(=O)N1Cc2ccccc2C(=O)N1. The Kier molecular flexibility index (Phi) is 1.96. The van der Waals surface area contributed by atoms with Gasteiger partial charge in [0.05, 0.1) is 6.54 Å². The Hall–Kier alpha value is -1.84. The summed E-state index contributed by atoms with van der Waals surface area (Å²) in [6.45, 7) is 1.87. The Morgan fingerprint density at radius 1 is 1.43 bits per heavy atom. The summed E-state index contributed by atoms with van der Waals surface area (Å²) in [5.41, 5.74) is 4.04. The smallest absolute Gasteiger partial charge is 0.270 e. The molecule has 0 fully saturated rings. The molecular formula is C10H10N2O2. The number of rotatable bonds is 0. The lowest BCUT2D eigenvalue weighted by Gasteiger charge is -2.27. The maximum absolute atomic E-state index is 11.5. The Balaban J connectivity index is 2.38. The molecule has 0 radical (unpaired) electrons. The molecule has 1 aliphatic rings. The summed E-state index contributed by atoms with van der Waals surface area (Å²) in [6, 6.07) is 7.27. The number of carbonyl (C=O) groups excluding carboxylic acids is 2. The fourth-order valence-electron chi connectivity index (χ4n) is 1.46. The predicted octanol–water partition coefficient (Wildman–Crippen LogP) is 0.694. The maximum atomic E-state index is 11.5.